The van der Waals surface area contributed by atoms with E-state index in [0.29, 0.717) is 0 Å². The van der Waals surface area contributed by atoms with E-state index in [4.69, 9.17) is 14.4 Å². The van der Waals surface area contributed by atoms with Crippen LogP contribution in [0.1, 0.15) is 22.8 Å². The van der Waals surface area contributed by atoms with Crippen LogP contribution in [0.15, 0.2) is 162 Å². The smallest absolute Gasteiger partial charge is 0.137 e. The van der Waals surface area contributed by atoms with Crippen LogP contribution in [0.3, 0.4) is 0 Å². The SMILES string of the molecule is C1=Cc2nc1c(-c1ccccc1)c1ccc(o1)c(-c1ccccc1)c1nc(c(-c3ccccc3)c3ccc(s3)c3ccc(s3)c2-c2ccccc2)C=C1. The molecular weight excluding hydrogens is 685 g/mol. The van der Waals surface area contributed by atoms with E-state index in [1.807, 2.05) is 12.1 Å². The molecule has 0 amide bonds. The second-order valence-electron chi connectivity index (χ2n) is 12.9. The average Bonchev–Trinajstić information content (AvgIpc) is 4.07. The first-order chi connectivity index (χ1) is 26.3. The molecule has 3 nitrogen and oxygen atoms in total. The molecule has 10 bridgehead atoms. The van der Waals surface area contributed by atoms with Gasteiger partial charge in [0.1, 0.15) is 11.2 Å². The van der Waals surface area contributed by atoms with Gasteiger partial charge in [0.25, 0.3) is 0 Å². The highest BCUT2D eigenvalue weighted by Crippen LogP contribution is 2.41. The van der Waals surface area contributed by atoms with E-state index in [1.54, 1.807) is 22.7 Å². The number of rotatable bonds is 4. The fraction of sp³-hybridized carbons (Fsp3) is 0. The molecule has 0 unspecified atom stereocenters. The number of aromatic nitrogens is 2. The number of hydrogen-bond donors (Lipinski definition) is 0. The van der Waals surface area contributed by atoms with Gasteiger partial charge in [-0.25, -0.2) is 9.97 Å². The Morgan fingerprint density at radius 3 is 0.962 bits per heavy atom. The van der Waals surface area contributed by atoms with Crippen LogP contribution >= 0.6 is 22.7 Å². The van der Waals surface area contributed by atoms with Crippen LogP contribution in [-0.2, 0) is 0 Å². The van der Waals surface area contributed by atoms with Crippen molar-refractivity contribution in [3.05, 3.63) is 181 Å². The quantitative estimate of drug-likeness (QED) is 0.182. The van der Waals surface area contributed by atoms with Crippen molar-refractivity contribution in [2.45, 2.75) is 0 Å². The number of nitrogens with zero attached hydrogens (tertiary/aromatic N) is 2. The van der Waals surface area contributed by atoms with Crippen LogP contribution in [0.5, 0.6) is 0 Å². The Morgan fingerprint density at radius 2 is 0.604 bits per heavy atom. The lowest BCUT2D eigenvalue weighted by Gasteiger charge is -2.05. The van der Waals surface area contributed by atoms with Crippen molar-refractivity contribution in [1.29, 1.82) is 0 Å². The monoisotopic (exact) mass is 714 g/mol. The first-order valence-electron chi connectivity index (χ1n) is 17.6. The third-order valence-corrected chi connectivity index (χ3v) is 12.0. The van der Waals surface area contributed by atoms with Gasteiger partial charge in [0.2, 0.25) is 0 Å². The molecule has 5 heteroatoms. The maximum Gasteiger partial charge on any atom is 0.137 e. The van der Waals surface area contributed by atoms with Crippen LogP contribution in [0.2, 0.25) is 0 Å². The predicted molar refractivity (Wildman–Crippen MR) is 226 cm³/mol. The highest BCUT2D eigenvalue weighted by Gasteiger charge is 2.19. The van der Waals surface area contributed by atoms with Gasteiger partial charge >= 0.3 is 0 Å². The van der Waals surface area contributed by atoms with Crippen molar-refractivity contribution in [3.63, 3.8) is 0 Å². The third-order valence-electron chi connectivity index (χ3n) is 9.60. The van der Waals surface area contributed by atoms with Gasteiger partial charge in [0.15, 0.2) is 0 Å². The van der Waals surface area contributed by atoms with Crippen molar-refractivity contribution in [1.82, 2.24) is 9.97 Å². The zero-order valence-corrected chi connectivity index (χ0v) is 30.1. The summed E-state index contributed by atoms with van der Waals surface area (Å²) in [5.74, 6) is 0. The summed E-state index contributed by atoms with van der Waals surface area (Å²) < 4.78 is 11.7. The second-order valence-corrected chi connectivity index (χ2v) is 15.1. The Morgan fingerprint density at radius 1 is 0.302 bits per heavy atom. The Balaban J connectivity index is 1.39. The normalized spacial score (nSPS) is 12.0. The maximum absolute atomic E-state index is 6.92. The molecule has 6 heterocycles. The summed E-state index contributed by atoms with van der Waals surface area (Å²) in [6.07, 6.45) is 8.52. The molecule has 0 spiro atoms. The molecule has 10 rings (SSSR count). The van der Waals surface area contributed by atoms with Crippen molar-refractivity contribution in [2.24, 2.45) is 0 Å². The minimum Gasteiger partial charge on any atom is -0.456 e. The Labute approximate surface area is 314 Å². The van der Waals surface area contributed by atoms with Crippen LogP contribution in [-0.4, -0.2) is 9.97 Å². The number of benzene rings is 4. The van der Waals surface area contributed by atoms with Gasteiger partial charge < -0.3 is 4.42 Å². The summed E-state index contributed by atoms with van der Waals surface area (Å²) in [5, 5.41) is 0. The van der Waals surface area contributed by atoms with Crippen LogP contribution in [0, 0.1) is 0 Å². The van der Waals surface area contributed by atoms with Crippen molar-refractivity contribution >= 4 is 76.9 Å². The van der Waals surface area contributed by atoms with Crippen molar-refractivity contribution in [3.8, 4) is 44.5 Å². The molecule has 0 aliphatic carbocycles. The Bertz CT molecular complexity index is 2720. The molecule has 2 aliphatic rings. The molecule has 0 atom stereocenters. The first-order valence-corrected chi connectivity index (χ1v) is 19.2. The fourth-order valence-corrected chi connectivity index (χ4v) is 9.44. The Kier molecular flexibility index (Phi) is 7.86. The Hall–Kier alpha value is -6.40. The molecule has 2 aliphatic heterocycles. The number of thiophene rings is 2. The molecule has 4 aromatic carbocycles. The molecule has 4 aromatic heterocycles. The van der Waals surface area contributed by atoms with E-state index >= 15 is 0 Å². The zero-order valence-electron chi connectivity index (χ0n) is 28.4. The second kappa shape index (κ2) is 13.3. The minimum atomic E-state index is 0.746. The molecule has 53 heavy (non-hydrogen) atoms. The van der Waals surface area contributed by atoms with E-state index in [0.717, 1.165) is 78.4 Å². The fourth-order valence-electron chi connectivity index (χ4n) is 7.18. The summed E-state index contributed by atoms with van der Waals surface area (Å²) in [5.41, 5.74) is 13.5. The van der Waals surface area contributed by atoms with Crippen LogP contribution < -0.4 is 0 Å². The molecule has 0 radical (unpaired) electrons. The van der Waals surface area contributed by atoms with Gasteiger partial charge in [-0.3, -0.25) is 0 Å². The molecule has 8 aromatic rings. The van der Waals surface area contributed by atoms with Gasteiger partial charge in [-0.05, 0) is 83.0 Å². The van der Waals surface area contributed by atoms with Crippen LogP contribution in [0.25, 0.3) is 98.8 Å². The standard InChI is InChI=1S/C48H30N2OS2/c1-5-13-31(14-6-1)45-35-21-23-37(49-35)47(33-17-9-3-10-18-33)43-29-27-41(52-43)42-28-30-44(53-42)48(34-19-11-4-12-20-34)38-24-22-36(50-38)46(32-15-7-2-8-16-32)40-26-25-39(45)51-40/h1-30H. The lowest BCUT2D eigenvalue weighted by atomic mass is 10.0. The summed E-state index contributed by atoms with van der Waals surface area (Å²) in [7, 11) is 0. The van der Waals surface area contributed by atoms with Crippen LogP contribution in [0.4, 0.5) is 0 Å². The van der Waals surface area contributed by atoms with E-state index in [1.165, 1.54) is 18.8 Å². The number of hydrogen-bond acceptors (Lipinski definition) is 5. The van der Waals surface area contributed by atoms with E-state index in [2.05, 4.69) is 170 Å². The molecule has 0 saturated carbocycles. The summed E-state index contributed by atoms with van der Waals surface area (Å²) in [6.45, 7) is 0. The van der Waals surface area contributed by atoms with E-state index < -0.39 is 0 Å². The maximum atomic E-state index is 6.92. The summed E-state index contributed by atoms with van der Waals surface area (Å²) >= 11 is 3.60. The van der Waals surface area contributed by atoms with Gasteiger partial charge in [0, 0.05) is 29.9 Å². The molecule has 0 N–H and O–H groups in total. The first kappa shape index (κ1) is 31.3. The predicted octanol–water partition coefficient (Wildman–Crippen LogP) is 14.1. The number of furan rings is 1. The van der Waals surface area contributed by atoms with Gasteiger partial charge in [-0.1, -0.05) is 121 Å². The highest BCUT2D eigenvalue weighted by atomic mass is 32.1. The lowest BCUT2D eigenvalue weighted by Crippen LogP contribution is -1.86. The average molecular weight is 715 g/mol. The minimum absolute atomic E-state index is 0.746. The number of fused-ring (bicyclic) bond motifs is 11. The molecule has 0 saturated heterocycles. The largest absolute Gasteiger partial charge is 0.456 e. The van der Waals surface area contributed by atoms with Gasteiger partial charge in [-0.15, -0.1) is 22.7 Å². The molecule has 0 fully saturated rings. The zero-order chi connectivity index (χ0) is 35.1. The topological polar surface area (TPSA) is 38.9 Å². The van der Waals surface area contributed by atoms with E-state index in [9.17, 15) is 0 Å². The third kappa shape index (κ3) is 5.77. The van der Waals surface area contributed by atoms with Crippen molar-refractivity contribution < 1.29 is 4.42 Å². The summed E-state index contributed by atoms with van der Waals surface area (Å²) in [6, 6.07) is 55.1. The van der Waals surface area contributed by atoms with E-state index in [-0.39, 0.29) is 0 Å². The molecular formula is C48H30N2OS2. The highest BCUT2D eigenvalue weighted by molar-refractivity contribution is 7.31. The lowest BCUT2D eigenvalue weighted by molar-refractivity contribution is 0.667. The summed E-state index contributed by atoms with van der Waals surface area (Å²) in [4.78, 5) is 10.7. The van der Waals surface area contributed by atoms with Gasteiger partial charge in [-0.2, -0.15) is 0 Å². The van der Waals surface area contributed by atoms with Crippen molar-refractivity contribution in [2.75, 3.05) is 0 Å². The van der Waals surface area contributed by atoms with Gasteiger partial charge in [0.05, 0.1) is 33.9 Å². The molecule has 250 valence electrons.